The number of fused-ring (bicyclic) bond motifs is 2. The van der Waals surface area contributed by atoms with Crippen LogP contribution < -0.4 is 4.74 Å². The first-order chi connectivity index (χ1) is 15.0. The van der Waals surface area contributed by atoms with Gasteiger partial charge in [0, 0.05) is 41.8 Å². The van der Waals surface area contributed by atoms with Crippen LogP contribution in [0.1, 0.15) is 31.2 Å². The van der Waals surface area contributed by atoms with Gasteiger partial charge in [0.1, 0.15) is 11.9 Å². The summed E-state index contributed by atoms with van der Waals surface area (Å²) in [6.07, 6.45) is 4.92. The molecule has 0 bridgehead atoms. The van der Waals surface area contributed by atoms with Crippen molar-refractivity contribution < 1.29 is 9.84 Å². The number of ether oxygens (including phenoxy) is 1. The molecule has 1 saturated heterocycles. The van der Waals surface area contributed by atoms with Gasteiger partial charge >= 0.3 is 0 Å². The predicted molar refractivity (Wildman–Crippen MR) is 126 cm³/mol. The number of rotatable bonds is 5. The SMILES string of the molecule is CC(O)C(Oc1cccc2[nH]ccc12)N1CCC(c2c[nH]c3c(Cl)c(Cl)ccc23)CC1. The zero-order valence-electron chi connectivity index (χ0n) is 17.2. The van der Waals surface area contributed by atoms with Crippen molar-refractivity contribution in [1.29, 1.82) is 0 Å². The van der Waals surface area contributed by atoms with E-state index in [4.69, 9.17) is 27.9 Å². The van der Waals surface area contributed by atoms with E-state index in [1.807, 2.05) is 42.6 Å². The molecule has 2 aromatic heterocycles. The van der Waals surface area contributed by atoms with Crippen LogP contribution in [0, 0.1) is 0 Å². The van der Waals surface area contributed by atoms with Crippen molar-refractivity contribution in [3.63, 3.8) is 0 Å². The number of benzene rings is 2. The van der Waals surface area contributed by atoms with Gasteiger partial charge in [-0.2, -0.15) is 0 Å². The van der Waals surface area contributed by atoms with Crippen LogP contribution in [0.3, 0.4) is 0 Å². The molecule has 2 aromatic carbocycles. The van der Waals surface area contributed by atoms with Gasteiger partial charge in [-0.25, -0.2) is 0 Å². The molecule has 1 aliphatic rings. The molecule has 7 heteroatoms. The van der Waals surface area contributed by atoms with Gasteiger partial charge in [0.2, 0.25) is 0 Å². The van der Waals surface area contributed by atoms with Gasteiger partial charge in [0.25, 0.3) is 0 Å². The summed E-state index contributed by atoms with van der Waals surface area (Å²) in [4.78, 5) is 8.75. The maximum Gasteiger partial charge on any atom is 0.178 e. The van der Waals surface area contributed by atoms with Crippen molar-refractivity contribution in [2.45, 2.75) is 38.0 Å². The van der Waals surface area contributed by atoms with Crippen LogP contribution in [-0.2, 0) is 0 Å². The van der Waals surface area contributed by atoms with Gasteiger partial charge in [0.05, 0.1) is 15.6 Å². The number of aromatic nitrogens is 2. The van der Waals surface area contributed by atoms with Crippen LogP contribution >= 0.6 is 23.2 Å². The minimum Gasteiger partial charge on any atom is -0.472 e. The maximum atomic E-state index is 10.5. The summed E-state index contributed by atoms with van der Waals surface area (Å²) in [5.41, 5.74) is 3.20. The van der Waals surface area contributed by atoms with E-state index in [0.717, 1.165) is 53.5 Å². The molecule has 1 fully saturated rings. The lowest BCUT2D eigenvalue weighted by Gasteiger charge is -2.38. The molecule has 162 valence electrons. The Balaban J connectivity index is 1.33. The number of halogens is 2. The molecule has 0 radical (unpaired) electrons. The topological polar surface area (TPSA) is 64.3 Å². The lowest BCUT2D eigenvalue weighted by Crippen LogP contribution is -2.49. The van der Waals surface area contributed by atoms with Crippen LogP contribution in [0.15, 0.2) is 48.8 Å². The van der Waals surface area contributed by atoms with Crippen molar-refractivity contribution in [2.75, 3.05) is 13.1 Å². The molecular weight excluding hydrogens is 433 g/mol. The third kappa shape index (κ3) is 3.80. The summed E-state index contributed by atoms with van der Waals surface area (Å²) in [5, 5.41) is 13.8. The van der Waals surface area contributed by atoms with Gasteiger partial charge < -0.3 is 19.8 Å². The zero-order chi connectivity index (χ0) is 21.5. The fraction of sp³-hybridized carbons (Fsp3) is 0.333. The number of H-pyrrole nitrogens is 2. The van der Waals surface area contributed by atoms with Crippen molar-refractivity contribution in [1.82, 2.24) is 14.9 Å². The normalized spacial score (nSPS) is 17.9. The number of hydrogen-bond acceptors (Lipinski definition) is 3. The highest BCUT2D eigenvalue weighted by Gasteiger charge is 2.31. The Bertz CT molecular complexity index is 1210. The molecule has 2 unspecified atom stereocenters. The largest absolute Gasteiger partial charge is 0.472 e. The number of aliphatic hydroxyl groups is 1. The Hall–Kier alpha value is -2.18. The molecule has 5 rings (SSSR count). The van der Waals surface area contributed by atoms with E-state index in [2.05, 4.69) is 21.1 Å². The van der Waals surface area contributed by atoms with Crippen molar-refractivity contribution in [3.8, 4) is 5.75 Å². The first-order valence-corrected chi connectivity index (χ1v) is 11.4. The zero-order valence-corrected chi connectivity index (χ0v) is 18.7. The van der Waals surface area contributed by atoms with E-state index in [-0.39, 0.29) is 0 Å². The number of hydrogen-bond donors (Lipinski definition) is 3. The molecule has 3 heterocycles. The highest BCUT2D eigenvalue weighted by Crippen LogP contribution is 2.38. The second kappa shape index (κ2) is 8.40. The van der Waals surface area contributed by atoms with E-state index in [9.17, 15) is 5.11 Å². The number of piperidine rings is 1. The minimum absolute atomic E-state index is 0.391. The van der Waals surface area contributed by atoms with Gasteiger partial charge in [-0.15, -0.1) is 0 Å². The average Bonchev–Trinajstić information content (AvgIpc) is 3.42. The lowest BCUT2D eigenvalue weighted by atomic mass is 9.89. The summed E-state index contributed by atoms with van der Waals surface area (Å²) >= 11 is 12.5. The molecule has 2 atom stereocenters. The molecule has 0 spiro atoms. The summed E-state index contributed by atoms with van der Waals surface area (Å²) in [7, 11) is 0. The Morgan fingerprint density at radius 2 is 1.87 bits per heavy atom. The molecule has 4 aromatic rings. The Morgan fingerprint density at radius 1 is 1.06 bits per heavy atom. The van der Waals surface area contributed by atoms with Crippen LogP contribution in [0.5, 0.6) is 5.75 Å². The molecule has 0 saturated carbocycles. The smallest absolute Gasteiger partial charge is 0.178 e. The number of aromatic amines is 2. The molecule has 31 heavy (non-hydrogen) atoms. The second-order valence-corrected chi connectivity index (χ2v) is 9.07. The third-order valence-electron chi connectivity index (χ3n) is 6.32. The predicted octanol–water partition coefficient (Wildman–Crippen LogP) is 5.92. The van der Waals surface area contributed by atoms with Crippen LogP contribution in [-0.4, -0.2) is 45.4 Å². The monoisotopic (exact) mass is 457 g/mol. The van der Waals surface area contributed by atoms with Crippen LogP contribution in [0.2, 0.25) is 10.0 Å². The van der Waals surface area contributed by atoms with E-state index in [1.54, 1.807) is 6.92 Å². The van der Waals surface area contributed by atoms with Gasteiger partial charge in [-0.1, -0.05) is 35.3 Å². The Morgan fingerprint density at radius 3 is 2.65 bits per heavy atom. The highest BCUT2D eigenvalue weighted by atomic mass is 35.5. The van der Waals surface area contributed by atoms with Crippen LogP contribution in [0.4, 0.5) is 0 Å². The second-order valence-electron chi connectivity index (χ2n) is 8.28. The van der Waals surface area contributed by atoms with E-state index >= 15 is 0 Å². The van der Waals surface area contributed by atoms with Crippen LogP contribution in [0.25, 0.3) is 21.8 Å². The maximum absolute atomic E-state index is 10.5. The minimum atomic E-state index is -0.611. The number of aliphatic hydroxyl groups excluding tert-OH is 1. The molecule has 3 N–H and O–H groups in total. The molecule has 5 nitrogen and oxygen atoms in total. The standard InChI is InChI=1S/C24H25Cl2N3O2/c1-14(30)24(31-21-4-2-3-20-17(21)7-10-27-20)29-11-8-15(9-12-29)18-13-28-23-16(18)5-6-19(25)22(23)26/h2-7,10,13-15,24,27-28,30H,8-9,11-12H2,1H3. The highest BCUT2D eigenvalue weighted by molar-refractivity contribution is 6.45. The summed E-state index contributed by atoms with van der Waals surface area (Å²) in [5.74, 6) is 1.21. The van der Waals surface area contributed by atoms with Gasteiger partial charge in [-0.05, 0) is 55.5 Å². The number of nitrogens with one attached hydrogen (secondary N) is 2. The number of likely N-dealkylation sites (tertiary alicyclic amines) is 1. The fourth-order valence-electron chi connectivity index (χ4n) is 4.73. The Kier molecular flexibility index (Phi) is 5.61. The first kappa shape index (κ1) is 20.7. The van der Waals surface area contributed by atoms with Gasteiger partial charge in [0.15, 0.2) is 6.23 Å². The van der Waals surface area contributed by atoms with E-state index in [1.165, 1.54) is 5.56 Å². The van der Waals surface area contributed by atoms with Crippen molar-refractivity contribution in [3.05, 3.63) is 64.4 Å². The summed E-state index contributed by atoms with van der Waals surface area (Å²) in [6.45, 7) is 3.48. The molecule has 0 amide bonds. The molecule has 1 aliphatic heterocycles. The quantitative estimate of drug-likeness (QED) is 0.348. The fourth-order valence-corrected chi connectivity index (χ4v) is 5.11. The van der Waals surface area contributed by atoms with Crippen molar-refractivity contribution in [2.24, 2.45) is 0 Å². The van der Waals surface area contributed by atoms with E-state index in [0.29, 0.717) is 16.0 Å². The lowest BCUT2D eigenvalue weighted by molar-refractivity contribution is -0.0663. The summed E-state index contributed by atoms with van der Waals surface area (Å²) in [6, 6.07) is 11.8. The Labute approximate surface area is 190 Å². The van der Waals surface area contributed by atoms with E-state index < -0.39 is 12.3 Å². The molecular formula is C24H25Cl2N3O2. The third-order valence-corrected chi connectivity index (χ3v) is 7.13. The molecule has 0 aliphatic carbocycles. The van der Waals surface area contributed by atoms with Crippen molar-refractivity contribution >= 4 is 45.0 Å². The van der Waals surface area contributed by atoms with Gasteiger partial charge in [-0.3, -0.25) is 4.90 Å². The summed E-state index contributed by atoms with van der Waals surface area (Å²) < 4.78 is 6.33. The first-order valence-electron chi connectivity index (χ1n) is 10.6. The number of nitrogens with zero attached hydrogens (tertiary/aromatic N) is 1. The average molecular weight is 458 g/mol.